The monoisotopic (exact) mass is 431 g/mol. The van der Waals surface area contributed by atoms with Gasteiger partial charge in [0.05, 0.1) is 19.3 Å². The Balaban J connectivity index is 1.65. The van der Waals surface area contributed by atoms with Crippen molar-refractivity contribution in [3.8, 4) is 5.75 Å². The lowest BCUT2D eigenvalue weighted by molar-refractivity contribution is 0.162. The van der Waals surface area contributed by atoms with Gasteiger partial charge in [-0.2, -0.15) is 0 Å². The van der Waals surface area contributed by atoms with Crippen molar-refractivity contribution in [2.24, 2.45) is 0 Å². The topological polar surface area (TPSA) is 34.8 Å². The molecule has 0 unspecified atom stereocenters. The van der Waals surface area contributed by atoms with E-state index in [2.05, 4.69) is 4.90 Å². The summed E-state index contributed by atoms with van der Waals surface area (Å²) in [6, 6.07) is 13.6. The molecule has 1 aliphatic heterocycles. The van der Waals surface area contributed by atoms with Crippen LogP contribution in [0.2, 0.25) is 0 Å². The van der Waals surface area contributed by atoms with Crippen molar-refractivity contribution < 1.29 is 22.7 Å². The van der Waals surface area contributed by atoms with Gasteiger partial charge in [0.1, 0.15) is 35.5 Å². The van der Waals surface area contributed by atoms with E-state index in [1.165, 1.54) is 6.07 Å². The molecular weight excluding hydrogens is 408 g/mol. The smallest absolute Gasteiger partial charge is 0.130 e. The van der Waals surface area contributed by atoms with Gasteiger partial charge >= 0.3 is 0 Å². The molecule has 2 heterocycles. The van der Waals surface area contributed by atoms with Crippen LogP contribution < -0.4 is 9.64 Å². The van der Waals surface area contributed by atoms with Crippen LogP contribution in [0.15, 0.2) is 57.8 Å². The van der Waals surface area contributed by atoms with Gasteiger partial charge in [-0.25, -0.2) is 8.78 Å². The quantitative estimate of drug-likeness (QED) is 0.481. The molecule has 0 N–H and O–H groups in total. The molecule has 0 fully saturated rings. The highest BCUT2D eigenvalue weighted by Gasteiger charge is 2.26. The van der Waals surface area contributed by atoms with Gasteiger partial charge in [-0.05, 0) is 42.8 Å². The number of hydrogen-bond donors (Lipinski definition) is 0. The summed E-state index contributed by atoms with van der Waals surface area (Å²) in [5.74, 6) is 1.27. The predicted octanol–water partition coefficient (Wildman–Crippen LogP) is 5.96. The van der Waals surface area contributed by atoms with Gasteiger partial charge in [0.15, 0.2) is 0 Å². The summed E-state index contributed by atoms with van der Waals surface area (Å²) >= 11 is 1.57. The first-order chi connectivity index (χ1) is 14.6. The lowest BCUT2D eigenvalue weighted by Crippen LogP contribution is -2.23. The van der Waals surface area contributed by atoms with Crippen LogP contribution in [0.1, 0.15) is 28.8 Å². The van der Waals surface area contributed by atoms with Gasteiger partial charge in [-0.15, -0.1) is 11.8 Å². The minimum Gasteiger partial charge on any atom is -0.497 e. The number of thioether (sulfide) groups is 1. The third-order valence-corrected chi connectivity index (χ3v) is 6.45. The number of anilines is 1. The van der Waals surface area contributed by atoms with E-state index in [-0.39, 0.29) is 5.25 Å². The van der Waals surface area contributed by atoms with E-state index in [1.54, 1.807) is 32.0 Å². The Labute approximate surface area is 178 Å². The molecule has 0 bridgehead atoms. The van der Waals surface area contributed by atoms with Crippen LogP contribution in [0, 0.1) is 11.6 Å². The maximum atomic E-state index is 14.5. The SMILES string of the molecule is COCc1ccc(CN2CC[C@H](c3ccc(F)cc3F)Sc3cc(OC)ccc32)o1. The lowest BCUT2D eigenvalue weighted by Gasteiger charge is -2.23. The molecule has 0 radical (unpaired) electrons. The molecule has 2 aromatic carbocycles. The first-order valence-electron chi connectivity index (χ1n) is 9.68. The summed E-state index contributed by atoms with van der Waals surface area (Å²) in [7, 11) is 3.25. The normalized spacial score (nSPS) is 16.3. The largest absolute Gasteiger partial charge is 0.497 e. The number of furan rings is 1. The molecule has 158 valence electrons. The summed E-state index contributed by atoms with van der Waals surface area (Å²) in [6.45, 7) is 1.71. The molecule has 1 aromatic heterocycles. The molecule has 0 spiro atoms. The van der Waals surface area contributed by atoms with Crippen LogP contribution in [0.25, 0.3) is 0 Å². The molecule has 1 atom stereocenters. The number of methoxy groups -OCH3 is 2. The van der Waals surface area contributed by atoms with E-state index < -0.39 is 11.6 Å². The van der Waals surface area contributed by atoms with Gasteiger partial charge in [0, 0.05) is 35.4 Å². The van der Waals surface area contributed by atoms with Crippen molar-refractivity contribution >= 4 is 17.4 Å². The molecule has 0 saturated heterocycles. The van der Waals surface area contributed by atoms with E-state index in [9.17, 15) is 8.78 Å². The molecule has 0 amide bonds. The molecule has 7 heteroatoms. The van der Waals surface area contributed by atoms with Gasteiger partial charge < -0.3 is 18.8 Å². The standard InChI is InChI=1S/C23H23F2NO3S/c1-27-14-18-5-4-17(29-18)13-26-10-9-22(19-7-3-15(24)11-20(19)25)30-23-12-16(28-2)6-8-21(23)26/h3-8,11-12,22H,9-10,13-14H2,1-2H3/t22-/m1/s1. The van der Waals surface area contributed by atoms with Crippen LogP contribution in [0.4, 0.5) is 14.5 Å². The summed E-state index contributed by atoms with van der Waals surface area (Å²) in [5.41, 5.74) is 1.55. The molecule has 4 rings (SSSR count). The zero-order chi connectivity index (χ0) is 21.1. The van der Waals surface area contributed by atoms with Crippen molar-refractivity contribution in [3.05, 3.63) is 77.2 Å². The number of halogens is 2. The maximum absolute atomic E-state index is 14.5. The summed E-state index contributed by atoms with van der Waals surface area (Å²) in [4.78, 5) is 3.21. The Morgan fingerprint density at radius 1 is 1.07 bits per heavy atom. The minimum absolute atomic E-state index is 0.137. The zero-order valence-corrected chi connectivity index (χ0v) is 17.7. The van der Waals surface area contributed by atoms with Crippen LogP contribution >= 0.6 is 11.8 Å². The van der Waals surface area contributed by atoms with Crippen LogP contribution in [0.3, 0.4) is 0 Å². The Bertz CT molecular complexity index is 1020. The van der Waals surface area contributed by atoms with Gasteiger partial charge in [-0.1, -0.05) is 6.07 Å². The third-order valence-electron chi connectivity index (χ3n) is 5.10. The molecule has 0 aliphatic carbocycles. The number of nitrogens with zero attached hydrogens (tertiary/aromatic N) is 1. The maximum Gasteiger partial charge on any atom is 0.130 e. The molecule has 3 aromatic rings. The van der Waals surface area contributed by atoms with Crippen molar-refractivity contribution in [2.75, 3.05) is 25.7 Å². The second-order valence-electron chi connectivity index (χ2n) is 7.12. The second-order valence-corrected chi connectivity index (χ2v) is 8.36. The molecule has 0 saturated carbocycles. The number of ether oxygens (including phenoxy) is 2. The van der Waals surface area contributed by atoms with E-state index in [0.29, 0.717) is 31.7 Å². The molecule has 1 aliphatic rings. The average molecular weight is 432 g/mol. The number of benzene rings is 2. The summed E-state index contributed by atoms with van der Waals surface area (Å²) in [6.07, 6.45) is 0.704. The highest BCUT2D eigenvalue weighted by Crippen LogP contribution is 2.47. The molecule has 4 nitrogen and oxygen atoms in total. The number of fused-ring (bicyclic) bond motifs is 1. The highest BCUT2D eigenvalue weighted by molar-refractivity contribution is 7.99. The first-order valence-corrected chi connectivity index (χ1v) is 10.6. The third kappa shape index (κ3) is 4.47. The number of rotatable bonds is 6. The Morgan fingerprint density at radius 3 is 2.67 bits per heavy atom. The van der Waals surface area contributed by atoms with E-state index in [1.807, 2.05) is 30.3 Å². The fraction of sp³-hybridized carbons (Fsp3) is 0.304. The first kappa shape index (κ1) is 20.8. The average Bonchev–Trinajstić information content (AvgIpc) is 3.09. The highest BCUT2D eigenvalue weighted by atomic mass is 32.2. The van der Waals surface area contributed by atoms with Crippen molar-refractivity contribution in [2.45, 2.75) is 29.7 Å². The van der Waals surface area contributed by atoms with E-state index in [0.717, 1.165) is 33.9 Å². The second kappa shape index (κ2) is 9.10. The Morgan fingerprint density at radius 2 is 1.90 bits per heavy atom. The minimum atomic E-state index is -0.566. The fourth-order valence-electron chi connectivity index (χ4n) is 3.64. The van der Waals surface area contributed by atoms with Gasteiger partial charge in [-0.3, -0.25) is 0 Å². The summed E-state index contributed by atoms with van der Waals surface area (Å²) in [5, 5.41) is -0.137. The Kier molecular flexibility index (Phi) is 6.29. The molecule has 30 heavy (non-hydrogen) atoms. The van der Waals surface area contributed by atoms with E-state index >= 15 is 0 Å². The van der Waals surface area contributed by atoms with Crippen LogP contribution in [0.5, 0.6) is 5.75 Å². The van der Waals surface area contributed by atoms with Gasteiger partial charge in [0.2, 0.25) is 0 Å². The fourth-order valence-corrected chi connectivity index (χ4v) is 4.99. The van der Waals surface area contributed by atoms with Crippen molar-refractivity contribution in [3.63, 3.8) is 0 Å². The van der Waals surface area contributed by atoms with E-state index in [4.69, 9.17) is 13.9 Å². The summed E-state index contributed by atoms with van der Waals surface area (Å²) < 4.78 is 44.3. The van der Waals surface area contributed by atoms with Gasteiger partial charge in [0.25, 0.3) is 0 Å². The van der Waals surface area contributed by atoms with Crippen molar-refractivity contribution in [1.82, 2.24) is 0 Å². The van der Waals surface area contributed by atoms with Crippen molar-refractivity contribution in [1.29, 1.82) is 0 Å². The zero-order valence-electron chi connectivity index (χ0n) is 16.9. The van der Waals surface area contributed by atoms with Crippen LogP contribution in [-0.4, -0.2) is 20.8 Å². The Hall–Kier alpha value is -2.51. The van der Waals surface area contributed by atoms with Crippen LogP contribution in [-0.2, 0) is 17.9 Å². The predicted molar refractivity (Wildman–Crippen MR) is 113 cm³/mol. The lowest BCUT2D eigenvalue weighted by atomic mass is 10.1. The number of hydrogen-bond acceptors (Lipinski definition) is 5. The molecular formula is C23H23F2NO3S.